The second kappa shape index (κ2) is 5.70. The number of carbonyl (C=O) groups excluding carboxylic acids is 1. The number of hydrogen-bond donors (Lipinski definition) is 2. The highest BCUT2D eigenvalue weighted by molar-refractivity contribution is 7.80. The summed E-state index contributed by atoms with van der Waals surface area (Å²) in [6, 6.07) is 7.48. The van der Waals surface area contributed by atoms with Crippen LogP contribution in [-0.4, -0.2) is 16.9 Å². The zero-order valence-corrected chi connectivity index (χ0v) is 9.91. The van der Waals surface area contributed by atoms with Gasteiger partial charge in [0.2, 0.25) is 0 Å². The van der Waals surface area contributed by atoms with E-state index < -0.39 is 11.9 Å². The molecule has 0 saturated carbocycles. The van der Waals surface area contributed by atoms with E-state index in [9.17, 15) is 9.59 Å². The molecule has 0 spiro atoms. The van der Waals surface area contributed by atoms with Crippen LogP contribution < -0.4 is 0 Å². The summed E-state index contributed by atoms with van der Waals surface area (Å²) in [6.45, 7) is 1.32. The van der Waals surface area contributed by atoms with Crippen LogP contribution >= 0.6 is 12.6 Å². The minimum absolute atomic E-state index is 0.293. The summed E-state index contributed by atoms with van der Waals surface area (Å²) in [4.78, 5) is 22.7. The van der Waals surface area contributed by atoms with E-state index >= 15 is 0 Å². The molecular formula is C12H14O3S. The van der Waals surface area contributed by atoms with E-state index in [-0.39, 0.29) is 5.78 Å². The molecule has 0 heterocycles. The summed E-state index contributed by atoms with van der Waals surface area (Å²) in [5, 5.41) is 8.83. The van der Waals surface area contributed by atoms with Crippen LogP contribution in [0, 0.1) is 5.92 Å². The maximum Gasteiger partial charge on any atom is 0.314 e. The van der Waals surface area contributed by atoms with Gasteiger partial charge in [-0.2, -0.15) is 0 Å². The third-order valence-corrected chi connectivity index (χ3v) is 2.74. The Morgan fingerprint density at radius 2 is 1.88 bits per heavy atom. The first kappa shape index (κ1) is 12.8. The van der Waals surface area contributed by atoms with Crippen LogP contribution in [-0.2, 0) is 16.0 Å². The second-order valence-corrected chi connectivity index (χ2v) is 4.22. The SMILES string of the molecule is CC(=O)C(CCc1ccc(S)cc1)C(=O)O. The Kier molecular flexibility index (Phi) is 4.55. The number of carboxylic acids is 1. The van der Waals surface area contributed by atoms with E-state index in [1.165, 1.54) is 6.92 Å². The predicted octanol–water partition coefficient (Wildman–Crippen LogP) is 2.20. The molecule has 1 unspecified atom stereocenters. The van der Waals surface area contributed by atoms with Crippen molar-refractivity contribution in [3.8, 4) is 0 Å². The number of hydrogen-bond acceptors (Lipinski definition) is 3. The van der Waals surface area contributed by atoms with Crippen LogP contribution in [0.15, 0.2) is 29.2 Å². The lowest BCUT2D eigenvalue weighted by Gasteiger charge is -2.08. The average molecular weight is 238 g/mol. The molecule has 16 heavy (non-hydrogen) atoms. The number of rotatable bonds is 5. The molecule has 3 nitrogen and oxygen atoms in total. The molecule has 1 aromatic rings. The Morgan fingerprint density at radius 3 is 2.31 bits per heavy atom. The molecule has 0 saturated heterocycles. The van der Waals surface area contributed by atoms with Crippen molar-refractivity contribution in [1.29, 1.82) is 0 Å². The van der Waals surface area contributed by atoms with Gasteiger partial charge in [0, 0.05) is 4.90 Å². The summed E-state index contributed by atoms with van der Waals surface area (Å²) in [5.41, 5.74) is 1.02. The summed E-state index contributed by atoms with van der Waals surface area (Å²) in [6.07, 6.45) is 0.932. The maximum absolute atomic E-state index is 11.1. The smallest absolute Gasteiger partial charge is 0.314 e. The van der Waals surface area contributed by atoms with Crippen molar-refractivity contribution in [3.05, 3.63) is 29.8 Å². The summed E-state index contributed by atoms with van der Waals surface area (Å²) in [5.74, 6) is -2.23. The van der Waals surface area contributed by atoms with E-state index in [1.807, 2.05) is 24.3 Å². The van der Waals surface area contributed by atoms with E-state index in [1.54, 1.807) is 0 Å². The van der Waals surface area contributed by atoms with Gasteiger partial charge in [0.05, 0.1) is 0 Å². The van der Waals surface area contributed by atoms with Gasteiger partial charge in [-0.3, -0.25) is 9.59 Å². The molecule has 1 aromatic carbocycles. The van der Waals surface area contributed by atoms with Crippen molar-refractivity contribution in [2.24, 2.45) is 5.92 Å². The van der Waals surface area contributed by atoms with Gasteiger partial charge in [-0.25, -0.2) is 0 Å². The van der Waals surface area contributed by atoms with Crippen LogP contribution in [0.2, 0.25) is 0 Å². The van der Waals surface area contributed by atoms with E-state index in [4.69, 9.17) is 5.11 Å². The lowest BCUT2D eigenvalue weighted by molar-refractivity contribution is -0.145. The topological polar surface area (TPSA) is 54.4 Å². The van der Waals surface area contributed by atoms with Crippen LogP contribution in [0.1, 0.15) is 18.9 Å². The number of carbonyl (C=O) groups is 2. The van der Waals surface area contributed by atoms with Gasteiger partial charge < -0.3 is 5.11 Å². The quantitative estimate of drug-likeness (QED) is 0.610. The highest BCUT2D eigenvalue weighted by atomic mass is 32.1. The van der Waals surface area contributed by atoms with Crippen LogP contribution in [0.3, 0.4) is 0 Å². The van der Waals surface area contributed by atoms with Crippen LogP contribution in [0.4, 0.5) is 0 Å². The molecule has 0 aliphatic heterocycles. The molecule has 1 atom stereocenters. The molecule has 4 heteroatoms. The van der Waals surface area contributed by atoms with Gasteiger partial charge in [0.1, 0.15) is 11.7 Å². The van der Waals surface area contributed by atoms with E-state index in [2.05, 4.69) is 12.6 Å². The monoisotopic (exact) mass is 238 g/mol. The molecule has 1 N–H and O–H groups in total. The molecule has 0 aliphatic rings. The van der Waals surface area contributed by atoms with Gasteiger partial charge in [-0.05, 0) is 37.5 Å². The number of benzene rings is 1. The number of aryl methyl sites for hydroxylation is 1. The van der Waals surface area contributed by atoms with Crippen molar-refractivity contribution in [2.75, 3.05) is 0 Å². The van der Waals surface area contributed by atoms with Gasteiger partial charge in [-0.1, -0.05) is 12.1 Å². The maximum atomic E-state index is 11.1. The van der Waals surface area contributed by atoms with Crippen LogP contribution in [0.25, 0.3) is 0 Å². The molecule has 0 bridgehead atoms. The second-order valence-electron chi connectivity index (χ2n) is 3.71. The molecule has 86 valence electrons. The lowest BCUT2D eigenvalue weighted by Crippen LogP contribution is -2.22. The molecule has 0 amide bonds. The largest absolute Gasteiger partial charge is 0.481 e. The van der Waals surface area contributed by atoms with Crippen molar-refractivity contribution < 1.29 is 14.7 Å². The summed E-state index contributed by atoms with van der Waals surface area (Å²) >= 11 is 4.16. The third-order valence-electron chi connectivity index (χ3n) is 2.45. The minimum atomic E-state index is -1.04. The number of carboxylic acid groups (broad SMARTS) is 1. The minimum Gasteiger partial charge on any atom is -0.481 e. The highest BCUT2D eigenvalue weighted by Gasteiger charge is 2.21. The zero-order valence-electron chi connectivity index (χ0n) is 9.01. The van der Waals surface area contributed by atoms with E-state index in [0.717, 1.165) is 10.5 Å². The first-order valence-corrected chi connectivity index (χ1v) is 5.46. The summed E-state index contributed by atoms with van der Waals surface area (Å²) in [7, 11) is 0. The standard InChI is InChI=1S/C12H14O3S/c1-8(13)11(12(14)15)7-4-9-2-5-10(16)6-3-9/h2-3,5-6,11,16H,4,7H2,1H3,(H,14,15). The number of aliphatic carboxylic acids is 1. The Morgan fingerprint density at radius 1 is 1.31 bits per heavy atom. The van der Waals surface area contributed by atoms with Gasteiger partial charge >= 0.3 is 5.97 Å². The lowest BCUT2D eigenvalue weighted by atomic mass is 9.96. The van der Waals surface area contributed by atoms with Gasteiger partial charge in [0.25, 0.3) is 0 Å². The molecule has 0 aromatic heterocycles. The molecule has 0 radical (unpaired) electrons. The summed E-state index contributed by atoms with van der Waals surface area (Å²) < 4.78 is 0. The van der Waals surface area contributed by atoms with Crippen molar-refractivity contribution in [3.63, 3.8) is 0 Å². The molecule has 0 fully saturated rings. The van der Waals surface area contributed by atoms with E-state index in [0.29, 0.717) is 12.8 Å². The Labute approximate surface area is 99.9 Å². The zero-order chi connectivity index (χ0) is 12.1. The van der Waals surface area contributed by atoms with Crippen molar-refractivity contribution >= 4 is 24.4 Å². The Balaban J connectivity index is 2.59. The first-order valence-electron chi connectivity index (χ1n) is 5.02. The van der Waals surface area contributed by atoms with Crippen molar-refractivity contribution in [2.45, 2.75) is 24.7 Å². The normalized spacial score (nSPS) is 12.1. The van der Waals surface area contributed by atoms with Gasteiger partial charge in [0.15, 0.2) is 0 Å². The number of thiol groups is 1. The predicted molar refractivity (Wildman–Crippen MR) is 63.8 cm³/mol. The fourth-order valence-electron chi connectivity index (χ4n) is 1.47. The third kappa shape index (κ3) is 3.70. The van der Waals surface area contributed by atoms with Crippen LogP contribution in [0.5, 0.6) is 0 Å². The fraction of sp³-hybridized carbons (Fsp3) is 0.333. The number of ketones is 1. The van der Waals surface area contributed by atoms with Crippen molar-refractivity contribution in [1.82, 2.24) is 0 Å². The Bertz CT molecular complexity index is 370. The van der Waals surface area contributed by atoms with Gasteiger partial charge in [-0.15, -0.1) is 12.6 Å². The average Bonchev–Trinajstić information content (AvgIpc) is 2.20. The number of Topliss-reactive ketones (excluding diaryl/α,β-unsaturated/α-hetero) is 1. The first-order chi connectivity index (χ1) is 7.50. The fourth-order valence-corrected chi connectivity index (χ4v) is 1.62. The highest BCUT2D eigenvalue weighted by Crippen LogP contribution is 2.13. The Hall–Kier alpha value is -1.29. The molecular weight excluding hydrogens is 224 g/mol. The molecule has 1 rings (SSSR count). The molecule has 0 aliphatic carbocycles.